The molecule has 1 heterocycles. The lowest BCUT2D eigenvalue weighted by Crippen LogP contribution is -2.26. The molecule has 1 unspecified atom stereocenters. The van der Waals surface area contributed by atoms with E-state index in [2.05, 4.69) is 16.2 Å². The van der Waals surface area contributed by atoms with Gasteiger partial charge in [0.1, 0.15) is 5.82 Å². The molecular formula is C17H17N2OP. The Kier molecular flexibility index (Phi) is 3.85. The number of fused-ring (bicyclic) bond motifs is 1. The van der Waals surface area contributed by atoms with Crippen molar-refractivity contribution >= 4 is 25.4 Å². The predicted molar refractivity (Wildman–Crippen MR) is 90.7 cm³/mol. The van der Waals surface area contributed by atoms with E-state index in [0.29, 0.717) is 5.39 Å². The molecule has 21 heavy (non-hydrogen) atoms. The van der Waals surface area contributed by atoms with Crippen LogP contribution in [0.5, 0.6) is 0 Å². The van der Waals surface area contributed by atoms with Crippen LogP contribution in [0, 0.1) is 0 Å². The average molecular weight is 296 g/mol. The topological polar surface area (TPSA) is 34.9 Å². The quantitative estimate of drug-likeness (QED) is 0.697. The highest BCUT2D eigenvalue weighted by molar-refractivity contribution is 7.28. The molecule has 0 N–H and O–H groups in total. The highest BCUT2D eigenvalue weighted by Gasteiger charge is 2.13. The third-order valence-electron chi connectivity index (χ3n) is 3.49. The highest BCUT2D eigenvalue weighted by Crippen LogP contribution is 2.14. The van der Waals surface area contributed by atoms with Gasteiger partial charge in [-0.3, -0.25) is 9.36 Å². The molecule has 3 nitrogen and oxygen atoms in total. The van der Waals surface area contributed by atoms with Crippen LogP contribution in [0.1, 0.15) is 19.2 Å². The number of hydrogen-bond donors (Lipinski definition) is 0. The molecule has 106 valence electrons. The summed E-state index contributed by atoms with van der Waals surface area (Å²) in [6, 6.07) is 15.5. The van der Waals surface area contributed by atoms with Crippen LogP contribution in [-0.2, 0) is 6.42 Å². The summed E-state index contributed by atoms with van der Waals surface area (Å²) < 4.78 is 1.74. The van der Waals surface area contributed by atoms with E-state index in [0.717, 1.165) is 35.2 Å². The molecule has 0 aliphatic rings. The average Bonchev–Trinajstić information content (AvgIpc) is 2.48. The van der Waals surface area contributed by atoms with E-state index in [9.17, 15) is 4.79 Å². The Labute approximate surface area is 125 Å². The Hall–Kier alpha value is -1.99. The zero-order valence-corrected chi connectivity index (χ0v) is 13.1. The smallest absolute Gasteiger partial charge is 0.266 e. The fourth-order valence-corrected chi connectivity index (χ4v) is 2.92. The van der Waals surface area contributed by atoms with Crippen LogP contribution in [0.4, 0.5) is 0 Å². The molecule has 0 aliphatic carbocycles. The van der Waals surface area contributed by atoms with E-state index in [1.165, 1.54) is 0 Å². The van der Waals surface area contributed by atoms with Gasteiger partial charge in [-0.05, 0) is 29.9 Å². The highest BCUT2D eigenvalue weighted by atomic mass is 31.0. The first-order valence-electron chi connectivity index (χ1n) is 7.08. The fraction of sp³-hybridized carbons (Fsp3) is 0.176. The molecule has 0 bridgehead atoms. The van der Waals surface area contributed by atoms with Gasteiger partial charge < -0.3 is 0 Å². The van der Waals surface area contributed by atoms with Gasteiger partial charge in [-0.2, -0.15) is 0 Å². The molecule has 3 rings (SSSR count). The molecule has 0 saturated carbocycles. The second kappa shape index (κ2) is 5.79. The molecule has 0 radical (unpaired) electrons. The molecule has 1 aromatic heterocycles. The van der Waals surface area contributed by atoms with Crippen molar-refractivity contribution in [3.8, 4) is 5.69 Å². The maximum Gasteiger partial charge on any atom is 0.266 e. The Bertz CT molecular complexity index is 841. The minimum absolute atomic E-state index is 0.000231. The van der Waals surface area contributed by atoms with E-state index in [-0.39, 0.29) is 5.56 Å². The maximum atomic E-state index is 13.0. The lowest BCUT2D eigenvalue weighted by atomic mass is 10.2. The second-order valence-electron chi connectivity index (χ2n) is 5.00. The third kappa shape index (κ3) is 2.50. The molecule has 4 heteroatoms. The van der Waals surface area contributed by atoms with Gasteiger partial charge >= 0.3 is 0 Å². The molecule has 2 aromatic carbocycles. The van der Waals surface area contributed by atoms with E-state index in [1.807, 2.05) is 48.5 Å². The number of aryl methyl sites for hydroxylation is 1. The molecule has 3 aromatic rings. The lowest BCUT2D eigenvalue weighted by Gasteiger charge is -2.13. The number of aromatic nitrogens is 2. The van der Waals surface area contributed by atoms with Gasteiger partial charge in [0.05, 0.1) is 16.6 Å². The third-order valence-corrected chi connectivity index (χ3v) is 3.97. The van der Waals surface area contributed by atoms with Gasteiger partial charge in [0.25, 0.3) is 5.56 Å². The number of nitrogens with zero attached hydrogens (tertiary/aromatic N) is 2. The molecule has 0 saturated heterocycles. The summed E-state index contributed by atoms with van der Waals surface area (Å²) in [7, 11) is 2.63. The summed E-state index contributed by atoms with van der Waals surface area (Å²) in [5.41, 5.74) is 1.64. The summed E-state index contributed by atoms with van der Waals surface area (Å²) >= 11 is 0. The normalized spacial score (nSPS) is 11.0. The van der Waals surface area contributed by atoms with Gasteiger partial charge in [0, 0.05) is 6.42 Å². The summed E-state index contributed by atoms with van der Waals surface area (Å²) in [5.74, 6) is 0.816. The van der Waals surface area contributed by atoms with Crippen molar-refractivity contribution in [1.29, 1.82) is 0 Å². The molecule has 0 amide bonds. The SMILES string of the molecule is CCCc1nc2cccc(P)c2c(=O)n1-c1ccccc1. The van der Waals surface area contributed by atoms with E-state index >= 15 is 0 Å². The van der Waals surface area contributed by atoms with E-state index in [4.69, 9.17) is 4.98 Å². The van der Waals surface area contributed by atoms with Gasteiger partial charge in [0.2, 0.25) is 0 Å². The maximum absolute atomic E-state index is 13.0. The van der Waals surface area contributed by atoms with Crippen LogP contribution in [-0.4, -0.2) is 9.55 Å². The number of benzene rings is 2. The minimum Gasteiger partial charge on any atom is -0.268 e. The minimum atomic E-state index is 0.000231. The summed E-state index contributed by atoms with van der Waals surface area (Å²) in [4.78, 5) is 17.7. The summed E-state index contributed by atoms with van der Waals surface area (Å²) in [6.07, 6.45) is 1.73. The van der Waals surface area contributed by atoms with Crippen molar-refractivity contribution in [2.75, 3.05) is 0 Å². The van der Waals surface area contributed by atoms with Crippen LogP contribution in [0.25, 0.3) is 16.6 Å². The van der Waals surface area contributed by atoms with E-state index < -0.39 is 0 Å². The predicted octanol–water partition coefficient (Wildman–Crippen LogP) is 2.84. The Morgan fingerprint density at radius 3 is 2.57 bits per heavy atom. The Morgan fingerprint density at radius 1 is 1.10 bits per heavy atom. The van der Waals surface area contributed by atoms with Crippen LogP contribution in [0.15, 0.2) is 53.3 Å². The van der Waals surface area contributed by atoms with Crippen LogP contribution in [0.3, 0.4) is 0 Å². The molecule has 0 fully saturated rings. The van der Waals surface area contributed by atoms with Gasteiger partial charge in [0.15, 0.2) is 0 Å². The van der Waals surface area contributed by atoms with Crippen molar-refractivity contribution in [2.24, 2.45) is 0 Å². The van der Waals surface area contributed by atoms with Crippen molar-refractivity contribution in [3.05, 3.63) is 64.7 Å². The van der Waals surface area contributed by atoms with Gasteiger partial charge in [-0.25, -0.2) is 4.98 Å². The molecule has 1 atom stereocenters. The zero-order chi connectivity index (χ0) is 14.8. The van der Waals surface area contributed by atoms with Crippen molar-refractivity contribution in [1.82, 2.24) is 9.55 Å². The van der Waals surface area contributed by atoms with Crippen molar-refractivity contribution < 1.29 is 0 Å². The van der Waals surface area contributed by atoms with Crippen molar-refractivity contribution in [2.45, 2.75) is 19.8 Å². The Morgan fingerprint density at radius 2 is 1.86 bits per heavy atom. The standard InChI is InChI=1S/C17H17N2OP/c1-2-7-15-18-13-10-6-11-14(21)16(13)17(20)19(15)12-8-4-3-5-9-12/h3-6,8-11H,2,7,21H2,1H3. The monoisotopic (exact) mass is 296 g/mol. The Balaban J connectivity index is 2.41. The summed E-state index contributed by atoms with van der Waals surface area (Å²) in [6.45, 7) is 2.10. The van der Waals surface area contributed by atoms with Crippen molar-refractivity contribution in [3.63, 3.8) is 0 Å². The van der Waals surface area contributed by atoms with Gasteiger partial charge in [-0.1, -0.05) is 37.3 Å². The number of rotatable bonds is 3. The summed E-state index contributed by atoms with van der Waals surface area (Å²) in [5, 5.41) is 1.56. The molecule has 0 aliphatic heterocycles. The first kappa shape index (κ1) is 14.0. The first-order chi connectivity index (χ1) is 10.2. The number of hydrogen-bond acceptors (Lipinski definition) is 2. The van der Waals surface area contributed by atoms with Crippen LogP contribution in [0.2, 0.25) is 0 Å². The first-order valence-corrected chi connectivity index (χ1v) is 7.65. The number of para-hydroxylation sites is 1. The molecule has 0 spiro atoms. The zero-order valence-electron chi connectivity index (χ0n) is 11.9. The van der Waals surface area contributed by atoms with Gasteiger partial charge in [-0.15, -0.1) is 9.24 Å². The largest absolute Gasteiger partial charge is 0.268 e. The lowest BCUT2D eigenvalue weighted by molar-refractivity contribution is 0.775. The van der Waals surface area contributed by atoms with Crippen LogP contribution < -0.4 is 10.9 Å². The second-order valence-corrected chi connectivity index (χ2v) is 5.62. The van der Waals surface area contributed by atoms with E-state index in [1.54, 1.807) is 4.57 Å². The molecular weight excluding hydrogens is 279 g/mol. The fourth-order valence-electron chi connectivity index (χ4n) is 2.54. The van der Waals surface area contributed by atoms with Crippen LogP contribution >= 0.6 is 9.24 Å².